The lowest BCUT2D eigenvalue weighted by molar-refractivity contribution is 0.586. The molecule has 0 fully saturated rings. The second-order valence-electron chi connectivity index (χ2n) is 5.19. The molecule has 0 amide bonds. The first-order valence-corrected chi connectivity index (χ1v) is 5.34. The SMILES string of the molecule is C=C(C)Nc1ccc(C)c(C(C)(C)C)c1. The Hall–Kier alpha value is -1.24. The Kier molecular flexibility index (Phi) is 3.23. The number of nitrogens with one attached hydrogen (secondary N) is 1. The summed E-state index contributed by atoms with van der Waals surface area (Å²) >= 11 is 0. The average molecular weight is 203 g/mol. The van der Waals surface area contributed by atoms with Crippen LogP contribution in [0.25, 0.3) is 0 Å². The van der Waals surface area contributed by atoms with Crippen molar-refractivity contribution in [2.75, 3.05) is 5.32 Å². The molecule has 1 aromatic rings. The standard InChI is InChI=1S/C14H21N/c1-10(2)15-12-8-7-11(3)13(9-12)14(4,5)6/h7-9,15H,1H2,2-6H3. The van der Waals surface area contributed by atoms with Crippen LogP contribution in [0.3, 0.4) is 0 Å². The van der Waals surface area contributed by atoms with Crippen LogP contribution in [0.4, 0.5) is 5.69 Å². The Balaban J connectivity index is 3.11. The van der Waals surface area contributed by atoms with Gasteiger partial charge >= 0.3 is 0 Å². The molecule has 0 spiro atoms. The fourth-order valence-corrected chi connectivity index (χ4v) is 1.75. The van der Waals surface area contributed by atoms with Crippen molar-refractivity contribution in [1.29, 1.82) is 0 Å². The highest BCUT2D eigenvalue weighted by Gasteiger charge is 2.16. The van der Waals surface area contributed by atoms with Crippen LogP contribution in [0.5, 0.6) is 0 Å². The van der Waals surface area contributed by atoms with Crippen LogP contribution in [0.15, 0.2) is 30.5 Å². The monoisotopic (exact) mass is 203 g/mol. The zero-order valence-electron chi connectivity index (χ0n) is 10.4. The van der Waals surface area contributed by atoms with E-state index >= 15 is 0 Å². The Morgan fingerprint density at radius 3 is 2.33 bits per heavy atom. The van der Waals surface area contributed by atoms with Gasteiger partial charge in [0.05, 0.1) is 0 Å². The van der Waals surface area contributed by atoms with E-state index in [0.29, 0.717) is 0 Å². The minimum absolute atomic E-state index is 0.191. The lowest BCUT2D eigenvalue weighted by Gasteiger charge is -2.22. The summed E-state index contributed by atoms with van der Waals surface area (Å²) in [6.07, 6.45) is 0. The van der Waals surface area contributed by atoms with Gasteiger partial charge in [-0.3, -0.25) is 0 Å². The lowest BCUT2D eigenvalue weighted by atomic mass is 9.84. The Bertz CT molecular complexity index is 369. The van der Waals surface area contributed by atoms with E-state index in [4.69, 9.17) is 0 Å². The minimum atomic E-state index is 0.191. The van der Waals surface area contributed by atoms with Crippen molar-refractivity contribution in [2.45, 2.75) is 40.0 Å². The first-order valence-electron chi connectivity index (χ1n) is 5.34. The molecule has 0 aromatic heterocycles. The number of benzene rings is 1. The van der Waals surface area contributed by atoms with Gasteiger partial charge in [0.15, 0.2) is 0 Å². The summed E-state index contributed by atoms with van der Waals surface area (Å²) in [6, 6.07) is 6.47. The molecule has 15 heavy (non-hydrogen) atoms. The van der Waals surface area contributed by atoms with Crippen molar-refractivity contribution in [3.8, 4) is 0 Å². The van der Waals surface area contributed by atoms with Crippen molar-refractivity contribution in [1.82, 2.24) is 0 Å². The number of allylic oxidation sites excluding steroid dienone is 1. The maximum atomic E-state index is 3.85. The van der Waals surface area contributed by atoms with Crippen LogP contribution in [-0.2, 0) is 5.41 Å². The number of rotatable bonds is 2. The zero-order chi connectivity index (χ0) is 11.6. The second-order valence-corrected chi connectivity index (χ2v) is 5.19. The molecule has 0 saturated heterocycles. The van der Waals surface area contributed by atoms with Gasteiger partial charge in [0.25, 0.3) is 0 Å². The highest BCUT2D eigenvalue weighted by Crippen LogP contribution is 2.28. The largest absolute Gasteiger partial charge is 0.360 e. The molecule has 0 aliphatic rings. The van der Waals surface area contributed by atoms with Crippen molar-refractivity contribution in [3.05, 3.63) is 41.6 Å². The van der Waals surface area contributed by atoms with Crippen molar-refractivity contribution in [2.24, 2.45) is 0 Å². The van der Waals surface area contributed by atoms with Gasteiger partial charge in [-0.15, -0.1) is 0 Å². The summed E-state index contributed by atoms with van der Waals surface area (Å²) in [5.74, 6) is 0. The van der Waals surface area contributed by atoms with Gasteiger partial charge in [0.2, 0.25) is 0 Å². The predicted molar refractivity (Wildman–Crippen MR) is 68.3 cm³/mol. The van der Waals surface area contributed by atoms with Gasteiger partial charge < -0.3 is 5.32 Å². The lowest BCUT2D eigenvalue weighted by Crippen LogP contribution is -2.13. The van der Waals surface area contributed by atoms with Crippen LogP contribution < -0.4 is 5.32 Å². The summed E-state index contributed by atoms with van der Waals surface area (Å²) in [5.41, 5.74) is 5.01. The second kappa shape index (κ2) is 4.09. The topological polar surface area (TPSA) is 12.0 Å². The van der Waals surface area contributed by atoms with Gasteiger partial charge in [-0.1, -0.05) is 33.4 Å². The van der Waals surface area contributed by atoms with Gasteiger partial charge in [0, 0.05) is 11.4 Å². The van der Waals surface area contributed by atoms with Gasteiger partial charge in [0.1, 0.15) is 0 Å². The number of aryl methyl sites for hydroxylation is 1. The molecule has 1 heteroatoms. The summed E-state index contributed by atoms with van der Waals surface area (Å²) in [5, 5.41) is 3.25. The third-order valence-electron chi connectivity index (χ3n) is 2.40. The van der Waals surface area contributed by atoms with E-state index < -0.39 is 0 Å². The molecule has 0 saturated carbocycles. The molecule has 0 atom stereocenters. The molecule has 0 unspecified atom stereocenters. The average Bonchev–Trinajstić information content (AvgIpc) is 2.05. The Labute approximate surface area is 93.2 Å². The molecule has 1 aromatic carbocycles. The first-order chi connectivity index (χ1) is 6.80. The Morgan fingerprint density at radius 1 is 1.27 bits per heavy atom. The van der Waals surface area contributed by atoms with Crippen molar-refractivity contribution in [3.63, 3.8) is 0 Å². The molecule has 1 rings (SSSR count). The molecular formula is C14H21N. The third-order valence-corrected chi connectivity index (χ3v) is 2.40. The quantitative estimate of drug-likeness (QED) is 0.758. The molecule has 0 radical (unpaired) electrons. The van der Waals surface area contributed by atoms with Crippen LogP contribution in [0.1, 0.15) is 38.8 Å². The third kappa shape index (κ3) is 3.12. The number of anilines is 1. The highest BCUT2D eigenvalue weighted by molar-refractivity contribution is 5.53. The van der Waals surface area contributed by atoms with Gasteiger partial charge in [-0.05, 0) is 42.5 Å². The van der Waals surface area contributed by atoms with E-state index in [9.17, 15) is 0 Å². The van der Waals surface area contributed by atoms with E-state index in [0.717, 1.165) is 11.4 Å². The van der Waals surface area contributed by atoms with Crippen LogP contribution in [0, 0.1) is 6.92 Å². The van der Waals surface area contributed by atoms with Crippen molar-refractivity contribution < 1.29 is 0 Å². The van der Waals surface area contributed by atoms with Crippen LogP contribution >= 0.6 is 0 Å². The van der Waals surface area contributed by atoms with Crippen LogP contribution in [-0.4, -0.2) is 0 Å². The van der Waals surface area contributed by atoms with E-state index in [1.165, 1.54) is 11.1 Å². The maximum Gasteiger partial charge on any atom is 0.0384 e. The van der Waals surface area contributed by atoms with Gasteiger partial charge in [-0.25, -0.2) is 0 Å². The predicted octanol–water partition coefficient (Wildman–Crippen LogP) is 4.24. The Morgan fingerprint density at radius 2 is 1.87 bits per heavy atom. The minimum Gasteiger partial charge on any atom is -0.360 e. The molecule has 1 N–H and O–H groups in total. The molecule has 0 bridgehead atoms. The summed E-state index contributed by atoms with van der Waals surface area (Å²) in [7, 11) is 0. The normalized spacial score (nSPS) is 11.3. The molecular weight excluding hydrogens is 182 g/mol. The highest BCUT2D eigenvalue weighted by atomic mass is 14.9. The summed E-state index contributed by atoms with van der Waals surface area (Å²) in [6.45, 7) is 14.7. The maximum absolute atomic E-state index is 3.85. The smallest absolute Gasteiger partial charge is 0.0384 e. The molecule has 82 valence electrons. The summed E-state index contributed by atoms with van der Waals surface area (Å²) in [4.78, 5) is 0. The fourth-order valence-electron chi connectivity index (χ4n) is 1.75. The molecule has 0 heterocycles. The summed E-state index contributed by atoms with van der Waals surface area (Å²) < 4.78 is 0. The first kappa shape index (κ1) is 11.8. The van der Waals surface area contributed by atoms with Gasteiger partial charge in [-0.2, -0.15) is 0 Å². The van der Waals surface area contributed by atoms with E-state index in [1.807, 2.05) is 6.92 Å². The van der Waals surface area contributed by atoms with E-state index in [-0.39, 0.29) is 5.41 Å². The van der Waals surface area contributed by atoms with Crippen molar-refractivity contribution >= 4 is 5.69 Å². The molecule has 0 aliphatic heterocycles. The van der Waals surface area contributed by atoms with E-state index in [1.54, 1.807) is 0 Å². The fraction of sp³-hybridized carbons (Fsp3) is 0.429. The number of hydrogen-bond donors (Lipinski definition) is 1. The molecule has 1 nitrogen and oxygen atoms in total. The number of hydrogen-bond acceptors (Lipinski definition) is 1. The van der Waals surface area contributed by atoms with E-state index in [2.05, 4.69) is 57.8 Å². The van der Waals surface area contributed by atoms with Crippen LogP contribution in [0.2, 0.25) is 0 Å². The zero-order valence-corrected chi connectivity index (χ0v) is 10.4. The molecule has 0 aliphatic carbocycles.